The molecule has 1 rings (SSSR count). The highest BCUT2D eigenvalue weighted by atomic mass is 32.2. The van der Waals surface area contributed by atoms with E-state index in [1.165, 1.54) is 17.8 Å². The molecule has 0 aromatic heterocycles. The van der Waals surface area contributed by atoms with Crippen LogP contribution in [0.15, 0.2) is 11.1 Å². The van der Waals surface area contributed by atoms with Crippen molar-refractivity contribution in [2.24, 2.45) is 0 Å². The highest BCUT2D eigenvalue weighted by molar-refractivity contribution is 8.04. The van der Waals surface area contributed by atoms with Crippen molar-refractivity contribution in [3.05, 3.63) is 11.1 Å². The zero-order chi connectivity index (χ0) is 9.84. The number of carbonyl (C=O) groups excluding carboxylic acids is 2. The lowest BCUT2D eigenvalue weighted by molar-refractivity contribution is -0.141. The van der Waals surface area contributed by atoms with E-state index in [1.807, 2.05) is 0 Å². The van der Waals surface area contributed by atoms with Crippen LogP contribution < -0.4 is 5.32 Å². The van der Waals surface area contributed by atoms with Crippen molar-refractivity contribution in [2.45, 2.75) is 20.0 Å². The Labute approximate surface area is 80.7 Å². The van der Waals surface area contributed by atoms with Crippen molar-refractivity contribution in [2.75, 3.05) is 5.75 Å². The minimum atomic E-state index is -0.417. The SMILES string of the molecule is CC(C)OC(=O)C=C1NC(=O)CS1. The topological polar surface area (TPSA) is 55.4 Å². The fraction of sp³-hybridized carbons (Fsp3) is 0.500. The van der Waals surface area contributed by atoms with Gasteiger partial charge in [0.15, 0.2) is 0 Å². The second kappa shape index (κ2) is 4.32. The lowest BCUT2D eigenvalue weighted by Crippen LogP contribution is -2.16. The van der Waals surface area contributed by atoms with Crippen LogP contribution in [0.3, 0.4) is 0 Å². The zero-order valence-corrected chi connectivity index (χ0v) is 8.31. The van der Waals surface area contributed by atoms with Crippen molar-refractivity contribution in [3.8, 4) is 0 Å². The summed E-state index contributed by atoms with van der Waals surface area (Å²) in [6.45, 7) is 3.55. The Hall–Kier alpha value is -0.970. The van der Waals surface area contributed by atoms with E-state index in [4.69, 9.17) is 4.74 Å². The quantitative estimate of drug-likeness (QED) is 0.526. The standard InChI is InChI=1S/C8H11NO3S/c1-5(2)12-8(11)3-7-9-6(10)4-13-7/h3,5H,4H2,1-2H3,(H,9,10). The molecule has 5 heteroatoms. The van der Waals surface area contributed by atoms with E-state index in [-0.39, 0.29) is 12.0 Å². The van der Waals surface area contributed by atoms with Gasteiger partial charge < -0.3 is 10.1 Å². The monoisotopic (exact) mass is 201 g/mol. The number of amides is 1. The molecule has 1 fully saturated rings. The van der Waals surface area contributed by atoms with Crippen LogP contribution in [0.25, 0.3) is 0 Å². The fourth-order valence-corrected chi connectivity index (χ4v) is 1.53. The van der Waals surface area contributed by atoms with Gasteiger partial charge in [-0.05, 0) is 13.8 Å². The molecule has 0 spiro atoms. The molecule has 4 nitrogen and oxygen atoms in total. The van der Waals surface area contributed by atoms with Crippen LogP contribution in [0.4, 0.5) is 0 Å². The van der Waals surface area contributed by atoms with E-state index >= 15 is 0 Å². The third-order valence-electron chi connectivity index (χ3n) is 1.22. The molecule has 1 N–H and O–H groups in total. The van der Waals surface area contributed by atoms with Gasteiger partial charge in [-0.15, -0.1) is 0 Å². The van der Waals surface area contributed by atoms with E-state index in [9.17, 15) is 9.59 Å². The summed E-state index contributed by atoms with van der Waals surface area (Å²) in [4.78, 5) is 21.8. The molecule has 0 aliphatic carbocycles. The number of rotatable bonds is 2. The number of hydrogen-bond donors (Lipinski definition) is 1. The van der Waals surface area contributed by atoms with Gasteiger partial charge in [-0.25, -0.2) is 4.79 Å². The third kappa shape index (κ3) is 3.50. The maximum Gasteiger partial charge on any atom is 0.333 e. The van der Waals surface area contributed by atoms with Gasteiger partial charge in [-0.1, -0.05) is 11.8 Å². The van der Waals surface area contributed by atoms with Crippen molar-refractivity contribution in [3.63, 3.8) is 0 Å². The minimum absolute atomic E-state index is 0.0754. The Morgan fingerprint density at radius 3 is 2.85 bits per heavy atom. The predicted octanol–water partition coefficient (Wildman–Crippen LogP) is 0.642. The minimum Gasteiger partial charge on any atom is -0.460 e. The average Bonchev–Trinajstić information content (AvgIpc) is 2.33. The van der Waals surface area contributed by atoms with Crippen LogP contribution in [0.5, 0.6) is 0 Å². The molecule has 0 radical (unpaired) electrons. The highest BCUT2D eigenvalue weighted by Gasteiger charge is 2.16. The summed E-state index contributed by atoms with van der Waals surface area (Å²) in [5.41, 5.74) is 0. The summed E-state index contributed by atoms with van der Waals surface area (Å²) < 4.78 is 4.87. The van der Waals surface area contributed by atoms with Gasteiger partial charge in [0.25, 0.3) is 0 Å². The maximum absolute atomic E-state index is 11.1. The second-order valence-corrected chi connectivity index (χ2v) is 3.85. The first-order chi connectivity index (χ1) is 6.08. The Bertz CT molecular complexity index is 260. The van der Waals surface area contributed by atoms with E-state index in [0.29, 0.717) is 10.8 Å². The Balaban J connectivity index is 2.46. The summed E-state index contributed by atoms with van der Waals surface area (Å²) in [6.07, 6.45) is 1.17. The van der Waals surface area contributed by atoms with Gasteiger partial charge >= 0.3 is 5.97 Å². The number of esters is 1. The van der Waals surface area contributed by atoms with Gasteiger partial charge in [0.2, 0.25) is 5.91 Å². The molecule has 0 aromatic rings. The summed E-state index contributed by atoms with van der Waals surface area (Å²) >= 11 is 1.31. The Kier molecular flexibility index (Phi) is 3.36. The summed E-state index contributed by atoms with van der Waals surface area (Å²) in [6, 6.07) is 0. The molecule has 1 saturated heterocycles. The molecule has 0 saturated carbocycles. The summed E-state index contributed by atoms with van der Waals surface area (Å²) in [7, 11) is 0. The first-order valence-corrected chi connectivity index (χ1v) is 4.91. The van der Waals surface area contributed by atoms with E-state index in [1.54, 1.807) is 13.8 Å². The van der Waals surface area contributed by atoms with Crippen LogP contribution in [-0.2, 0) is 14.3 Å². The molecule has 0 atom stereocenters. The summed E-state index contributed by atoms with van der Waals surface area (Å²) in [5, 5.41) is 3.11. The normalized spacial score (nSPS) is 19.3. The van der Waals surface area contributed by atoms with E-state index in [0.717, 1.165) is 0 Å². The molecule has 0 unspecified atom stereocenters. The molecule has 1 aliphatic heterocycles. The number of thioether (sulfide) groups is 1. The Morgan fingerprint density at radius 2 is 2.38 bits per heavy atom. The van der Waals surface area contributed by atoms with Crippen LogP contribution in [-0.4, -0.2) is 23.7 Å². The molecule has 0 aromatic carbocycles. The zero-order valence-electron chi connectivity index (χ0n) is 7.49. The molecule has 1 amide bonds. The molecule has 13 heavy (non-hydrogen) atoms. The van der Waals surface area contributed by atoms with Crippen LogP contribution >= 0.6 is 11.8 Å². The first-order valence-electron chi connectivity index (χ1n) is 3.93. The van der Waals surface area contributed by atoms with Crippen molar-refractivity contribution >= 4 is 23.6 Å². The van der Waals surface area contributed by atoms with Crippen molar-refractivity contribution in [1.29, 1.82) is 0 Å². The smallest absolute Gasteiger partial charge is 0.333 e. The van der Waals surface area contributed by atoms with E-state index in [2.05, 4.69) is 5.32 Å². The van der Waals surface area contributed by atoms with Crippen molar-refractivity contribution < 1.29 is 14.3 Å². The lowest BCUT2D eigenvalue weighted by atomic mass is 10.5. The molecule has 1 heterocycles. The van der Waals surface area contributed by atoms with Gasteiger partial charge in [-0.2, -0.15) is 0 Å². The third-order valence-corrected chi connectivity index (χ3v) is 2.16. The lowest BCUT2D eigenvalue weighted by Gasteiger charge is -2.04. The molecule has 0 bridgehead atoms. The summed E-state index contributed by atoms with van der Waals surface area (Å²) in [5.74, 6) is -0.117. The molecular weight excluding hydrogens is 190 g/mol. The molecule has 1 aliphatic rings. The molecule has 72 valence electrons. The largest absolute Gasteiger partial charge is 0.460 e. The Morgan fingerprint density at radius 1 is 1.69 bits per heavy atom. The average molecular weight is 201 g/mol. The van der Waals surface area contributed by atoms with Crippen LogP contribution in [0.2, 0.25) is 0 Å². The molecular formula is C8H11NO3S. The van der Waals surface area contributed by atoms with Gasteiger partial charge in [0.1, 0.15) is 0 Å². The van der Waals surface area contributed by atoms with Crippen LogP contribution in [0, 0.1) is 0 Å². The second-order valence-electron chi connectivity index (χ2n) is 2.83. The fourth-order valence-electron chi connectivity index (χ4n) is 0.804. The maximum atomic E-state index is 11.1. The van der Waals surface area contributed by atoms with Gasteiger partial charge in [0.05, 0.1) is 23.0 Å². The first kappa shape index (κ1) is 10.1. The van der Waals surface area contributed by atoms with E-state index < -0.39 is 5.97 Å². The number of nitrogens with one attached hydrogen (secondary N) is 1. The predicted molar refractivity (Wildman–Crippen MR) is 49.9 cm³/mol. The number of carbonyl (C=O) groups is 2. The number of ether oxygens (including phenoxy) is 1. The van der Waals surface area contributed by atoms with Gasteiger partial charge in [0, 0.05) is 0 Å². The highest BCUT2D eigenvalue weighted by Crippen LogP contribution is 2.18. The van der Waals surface area contributed by atoms with Gasteiger partial charge in [-0.3, -0.25) is 4.79 Å². The number of hydrogen-bond acceptors (Lipinski definition) is 4. The van der Waals surface area contributed by atoms with Crippen LogP contribution in [0.1, 0.15) is 13.8 Å². The van der Waals surface area contributed by atoms with Crippen molar-refractivity contribution in [1.82, 2.24) is 5.32 Å².